The summed E-state index contributed by atoms with van der Waals surface area (Å²) < 4.78 is 0. The Morgan fingerprint density at radius 2 is 1.52 bits per heavy atom. The van der Waals surface area contributed by atoms with Crippen molar-refractivity contribution in [3.05, 3.63) is 59.7 Å². The zero-order valence-corrected chi connectivity index (χ0v) is 15.8. The van der Waals surface area contributed by atoms with Gasteiger partial charge in [0.2, 0.25) is 5.60 Å². The van der Waals surface area contributed by atoms with Gasteiger partial charge in [-0.2, -0.15) is 0 Å². The second-order valence-electron chi connectivity index (χ2n) is 6.42. The van der Waals surface area contributed by atoms with E-state index in [0.717, 1.165) is 17.5 Å². The Morgan fingerprint density at radius 3 is 1.84 bits per heavy atom. The standard InChI is InChI=1S/C14H10O3.C6H12O.BrH/c15-13(16)14(17)11-7-3-1-5-9(11)10-6-2-4-8-12(10)14;1-2-6(7)5-3-4-5;/h1-8,17H,(H,15,16);5-7H,2-4H2,1H3;1H. The number of hydrogen-bond donors (Lipinski definition) is 3. The first kappa shape index (κ1) is 19.6. The predicted octanol–water partition coefficient (Wildman–Crippen LogP) is 3.73. The summed E-state index contributed by atoms with van der Waals surface area (Å²) in [6, 6.07) is 14.1. The van der Waals surface area contributed by atoms with Gasteiger partial charge in [-0.05, 0) is 36.3 Å². The third kappa shape index (κ3) is 3.50. The Hall–Kier alpha value is -1.69. The van der Waals surface area contributed by atoms with E-state index in [-0.39, 0.29) is 23.1 Å². The highest BCUT2D eigenvalue weighted by molar-refractivity contribution is 8.93. The van der Waals surface area contributed by atoms with Crippen LogP contribution in [0.25, 0.3) is 11.1 Å². The second-order valence-corrected chi connectivity index (χ2v) is 6.42. The van der Waals surface area contributed by atoms with Gasteiger partial charge in [0.15, 0.2) is 0 Å². The van der Waals surface area contributed by atoms with Crippen LogP contribution in [0.1, 0.15) is 37.3 Å². The van der Waals surface area contributed by atoms with E-state index in [1.807, 2.05) is 31.2 Å². The second kappa shape index (κ2) is 7.68. The van der Waals surface area contributed by atoms with Crippen molar-refractivity contribution in [2.75, 3.05) is 0 Å². The minimum atomic E-state index is -1.92. The first-order valence-corrected chi connectivity index (χ1v) is 8.33. The molecule has 25 heavy (non-hydrogen) atoms. The molecule has 0 spiro atoms. The molecule has 4 rings (SSSR count). The smallest absolute Gasteiger partial charge is 0.345 e. The highest BCUT2D eigenvalue weighted by Gasteiger charge is 2.47. The highest BCUT2D eigenvalue weighted by Crippen LogP contribution is 2.47. The van der Waals surface area contributed by atoms with Gasteiger partial charge in [0, 0.05) is 11.1 Å². The van der Waals surface area contributed by atoms with Crippen LogP contribution in [0.3, 0.4) is 0 Å². The SMILES string of the molecule is Br.CCC(O)C1CC1.O=C(O)C1(O)c2ccccc2-c2ccccc21. The van der Waals surface area contributed by atoms with Gasteiger partial charge in [-0.1, -0.05) is 55.5 Å². The Morgan fingerprint density at radius 1 is 1.08 bits per heavy atom. The maximum Gasteiger partial charge on any atom is 0.345 e. The lowest BCUT2D eigenvalue weighted by Gasteiger charge is -2.19. The van der Waals surface area contributed by atoms with Crippen LogP contribution in [-0.2, 0) is 10.4 Å². The van der Waals surface area contributed by atoms with E-state index in [1.54, 1.807) is 24.3 Å². The number of fused-ring (bicyclic) bond motifs is 3. The lowest BCUT2D eigenvalue weighted by molar-refractivity contribution is -0.154. The van der Waals surface area contributed by atoms with Crippen LogP contribution >= 0.6 is 17.0 Å². The summed E-state index contributed by atoms with van der Waals surface area (Å²) in [5, 5.41) is 28.8. The summed E-state index contributed by atoms with van der Waals surface area (Å²) in [6.45, 7) is 2.03. The molecule has 1 saturated carbocycles. The predicted molar refractivity (Wildman–Crippen MR) is 102 cm³/mol. The van der Waals surface area contributed by atoms with Crippen molar-refractivity contribution in [2.45, 2.75) is 37.9 Å². The summed E-state index contributed by atoms with van der Waals surface area (Å²) in [5.74, 6) is -0.570. The van der Waals surface area contributed by atoms with Gasteiger partial charge in [0.1, 0.15) is 0 Å². The molecule has 2 aromatic carbocycles. The van der Waals surface area contributed by atoms with Crippen molar-refractivity contribution in [3.8, 4) is 11.1 Å². The van der Waals surface area contributed by atoms with Crippen LogP contribution in [0.5, 0.6) is 0 Å². The van der Waals surface area contributed by atoms with E-state index in [4.69, 9.17) is 5.11 Å². The molecule has 134 valence electrons. The number of aliphatic hydroxyl groups excluding tert-OH is 1. The molecule has 2 aliphatic rings. The largest absolute Gasteiger partial charge is 0.479 e. The van der Waals surface area contributed by atoms with Crippen LogP contribution < -0.4 is 0 Å². The van der Waals surface area contributed by atoms with Crippen LogP contribution in [0, 0.1) is 5.92 Å². The molecule has 4 nitrogen and oxygen atoms in total. The molecule has 0 amide bonds. The molecule has 1 atom stereocenters. The lowest BCUT2D eigenvalue weighted by atomic mass is 9.92. The summed E-state index contributed by atoms with van der Waals surface area (Å²) in [6.07, 6.45) is 3.47. The molecule has 3 N–H and O–H groups in total. The average Bonchev–Trinajstić information content (AvgIpc) is 3.42. The van der Waals surface area contributed by atoms with Crippen molar-refractivity contribution in [1.82, 2.24) is 0 Å². The molecular formula is C20H23BrO4. The number of halogens is 1. The number of aliphatic carboxylic acids is 1. The third-order valence-corrected chi connectivity index (χ3v) is 4.82. The molecule has 0 aliphatic heterocycles. The Labute approximate surface area is 157 Å². The van der Waals surface area contributed by atoms with Gasteiger partial charge >= 0.3 is 5.97 Å². The Balaban J connectivity index is 0.000000240. The molecule has 0 radical (unpaired) electrons. The molecule has 0 aromatic heterocycles. The van der Waals surface area contributed by atoms with Crippen LogP contribution in [0.15, 0.2) is 48.5 Å². The average molecular weight is 407 g/mol. The molecule has 5 heteroatoms. The van der Waals surface area contributed by atoms with E-state index in [9.17, 15) is 15.0 Å². The van der Waals surface area contributed by atoms with Gasteiger partial charge in [-0.3, -0.25) is 0 Å². The quantitative estimate of drug-likeness (QED) is 0.725. The topological polar surface area (TPSA) is 77.8 Å². The van der Waals surface area contributed by atoms with Crippen molar-refractivity contribution in [3.63, 3.8) is 0 Å². The van der Waals surface area contributed by atoms with E-state index >= 15 is 0 Å². The molecule has 0 heterocycles. The first-order chi connectivity index (χ1) is 11.5. The van der Waals surface area contributed by atoms with Crippen LogP contribution in [0.4, 0.5) is 0 Å². The fourth-order valence-electron chi connectivity index (χ4n) is 3.26. The summed E-state index contributed by atoms with van der Waals surface area (Å²) in [4.78, 5) is 11.4. The number of carboxylic acids is 1. The zero-order valence-electron chi connectivity index (χ0n) is 14.1. The van der Waals surface area contributed by atoms with Crippen molar-refractivity contribution in [1.29, 1.82) is 0 Å². The van der Waals surface area contributed by atoms with Gasteiger partial charge in [0.05, 0.1) is 6.10 Å². The van der Waals surface area contributed by atoms with Crippen molar-refractivity contribution < 1.29 is 20.1 Å². The number of carbonyl (C=O) groups is 1. The number of aliphatic hydroxyl groups is 2. The minimum absolute atomic E-state index is 0. The molecule has 2 aliphatic carbocycles. The number of rotatable bonds is 3. The van der Waals surface area contributed by atoms with Crippen LogP contribution in [0.2, 0.25) is 0 Å². The summed E-state index contributed by atoms with van der Waals surface area (Å²) in [5.41, 5.74) is 0.524. The normalized spacial score (nSPS) is 17.2. The Bertz CT molecular complexity index is 709. The molecule has 2 aromatic rings. The molecule has 1 fully saturated rings. The maximum atomic E-state index is 11.4. The Kier molecular flexibility index (Phi) is 6.03. The minimum Gasteiger partial charge on any atom is -0.479 e. The summed E-state index contributed by atoms with van der Waals surface area (Å²) >= 11 is 0. The summed E-state index contributed by atoms with van der Waals surface area (Å²) in [7, 11) is 0. The van der Waals surface area contributed by atoms with E-state index in [1.165, 1.54) is 12.8 Å². The molecular weight excluding hydrogens is 384 g/mol. The van der Waals surface area contributed by atoms with E-state index in [2.05, 4.69) is 0 Å². The van der Waals surface area contributed by atoms with E-state index < -0.39 is 11.6 Å². The van der Waals surface area contributed by atoms with E-state index in [0.29, 0.717) is 17.0 Å². The number of carboxylic acid groups (broad SMARTS) is 1. The fraction of sp³-hybridized carbons (Fsp3) is 0.350. The van der Waals surface area contributed by atoms with Crippen molar-refractivity contribution in [2.24, 2.45) is 5.92 Å². The maximum absolute atomic E-state index is 11.4. The lowest BCUT2D eigenvalue weighted by Crippen LogP contribution is -2.34. The van der Waals surface area contributed by atoms with Gasteiger partial charge in [0.25, 0.3) is 0 Å². The monoisotopic (exact) mass is 406 g/mol. The highest BCUT2D eigenvalue weighted by atomic mass is 79.9. The molecule has 1 unspecified atom stereocenters. The van der Waals surface area contributed by atoms with Gasteiger partial charge in [-0.15, -0.1) is 17.0 Å². The first-order valence-electron chi connectivity index (χ1n) is 8.33. The molecule has 0 saturated heterocycles. The fourth-order valence-corrected chi connectivity index (χ4v) is 3.26. The van der Waals surface area contributed by atoms with Crippen LogP contribution in [-0.4, -0.2) is 27.4 Å². The van der Waals surface area contributed by atoms with Gasteiger partial charge < -0.3 is 15.3 Å². The zero-order chi connectivity index (χ0) is 17.3. The van der Waals surface area contributed by atoms with Crippen molar-refractivity contribution >= 4 is 23.0 Å². The third-order valence-electron chi connectivity index (χ3n) is 4.82. The number of hydrogen-bond acceptors (Lipinski definition) is 3. The number of benzene rings is 2. The molecule has 0 bridgehead atoms. The van der Waals surface area contributed by atoms with Gasteiger partial charge in [-0.25, -0.2) is 4.79 Å².